The Morgan fingerprint density at radius 2 is 2.00 bits per heavy atom. The Labute approximate surface area is 95.5 Å². The summed E-state index contributed by atoms with van der Waals surface area (Å²) in [5.41, 5.74) is 0.235. The average Bonchev–Trinajstić information content (AvgIpc) is 2.24. The van der Waals surface area contributed by atoms with Crippen LogP contribution in [0.1, 0.15) is 5.56 Å². The second-order valence-electron chi connectivity index (χ2n) is 2.88. The smallest absolute Gasteiger partial charge is 0.453 e. The summed E-state index contributed by atoms with van der Waals surface area (Å²) in [6.07, 6.45) is -2.00. The first-order valence-corrected chi connectivity index (χ1v) is 4.53. The van der Waals surface area contributed by atoms with Crippen molar-refractivity contribution in [3.05, 3.63) is 35.9 Å². The van der Waals surface area contributed by atoms with Crippen LogP contribution in [0.2, 0.25) is 0 Å². The Hall–Kier alpha value is -1.98. The lowest BCUT2D eigenvalue weighted by Gasteiger charge is -2.10. The van der Waals surface area contributed by atoms with Gasteiger partial charge in [0.15, 0.2) is 0 Å². The molecule has 3 nitrogen and oxygen atoms in total. The van der Waals surface area contributed by atoms with Gasteiger partial charge < -0.3 is 9.47 Å². The minimum atomic E-state index is -4.74. The molecule has 0 aliphatic rings. The van der Waals surface area contributed by atoms with Gasteiger partial charge in [-0.3, -0.25) is 0 Å². The Morgan fingerprint density at radius 1 is 1.29 bits per heavy atom. The molecule has 91 valence electrons. The van der Waals surface area contributed by atoms with E-state index in [1.807, 2.05) is 0 Å². The van der Waals surface area contributed by atoms with Crippen LogP contribution in [0.3, 0.4) is 0 Å². The molecule has 0 heterocycles. The maximum Gasteiger partial charge on any atom is 0.573 e. The Bertz CT molecular complexity index is 399. The number of hydrogen-bond acceptors (Lipinski definition) is 3. The molecule has 0 aliphatic carbocycles. The molecule has 6 heteroatoms. The summed E-state index contributed by atoms with van der Waals surface area (Å²) in [6, 6.07) is 5.63. The molecule has 0 fully saturated rings. The first kappa shape index (κ1) is 13.1. The van der Waals surface area contributed by atoms with Crippen molar-refractivity contribution < 1.29 is 27.4 Å². The molecule has 17 heavy (non-hydrogen) atoms. The van der Waals surface area contributed by atoms with Crippen LogP contribution in [0.4, 0.5) is 13.2 Å². The number of carbonyl (C=O) groups excluding carboxylic acids is 1. The highest BCUT2D eigenvalue weighted by molar-refractivity contribution is 5.57. The van der Waals surface area contributed by atoms with E-state index in [1.165, 1.54) is 36.8 Å². The summed E-state index contributed by atoms with van der Waals surface area (Å²) in [7, 11) is 0. The Morgan fingerprint density at radius 3 is 2.65 bits per heavy atom. The molecule has 0 atom stereocenters. The number of benzene rings is 1. The second kappa shape index (κ2) is 5.93. The van der Waals surface area contributed by atoms with Crippen LogP contribution in [0.15, 0.2) is 30.3 Å². The van der Waals surface area contributed by atoms with Gasteiger partial charge in [0.25, 0.3) is 0 Å². The van der Waals surface area contributed by atoms with Gasteiger partial charge in [-0.15, -0.1) is 13.2 Å². The van der Waals surface area contributed by atoms with Gasteiger partial charge in [0.1, 0.15) is 12.4 Å². The first-order chi connectivity index (χ1) is 8.03. The van der Waals surface area contributed by atoms with Gasteiger partial charge in [-0.1, -0.05) is 24.3 Å². The van der Waals surface area contributed by atoms with E-state index in [1.54, 1.807) is 6.07 Å². The Kier molecular flexibility index (Phi) is 4.56. The molecule has 0 saturated carbocycles. The molecule has 0 bridgehead atoms. The lowest BCUT2D eigenvalue weighted by Crippen LogP contribution is -2.17. The molecule has 0 spiro atoms. The number of rotatable bonds is 5. The lowest BCUT2D eigenvalue weighted by molar-refractivity contribution is -0.274. The van der Waals surface area contributed by atoms with Crippen molar-refractivity contribution in [1.82, 2.24) is 0 Å². The summed E-state index contributed by atoms with van der Waals surface area (Å²) >= 11 is 0. The van der Waals surface area contributed by atoms with Crippen LogP contribution in [-0.4, -0.2) is 19.4 Å². The van der Waals surface area contributed by atoms with Gasteiger partial charge in [-0.05, 0) is 12.1 Å². The largest absolute Gasteiger partial charge is 0.573 e. The highest BCUT2D eigenvalue weighted by atomic mass is 19.4. The third kappa shape index (κ3) is 5.05. The van der Waals surface area contributed by atoms with Gasteiger partial charge in [0.05, 0.1) is 0 Å². The van der Waals surface area contributed by atoms with Gasteiger partial charge in [-0.25, -0.2) is 4.79 Å². The quantitative estimate of drug-likeness (QED) is 0.748. The van der Waals surface area contributed by atoms with Crippen molar-refractivity contribution in [2.24, 2.45) is 0 Å². The van der Waals surface area contributed by atoms with Crippen LogP contribution in [-0.2, 0) is 9.53 Å². The second-order valence-corrected chi connectivity index (χ2v) is 2.88. The minimum absolute atomic E-state index is 0.0656. The zero-order chi connectivity index (χ0) is 12.7. The number of hydrogen-bond donors (Lipinski definition) is 0. The normalized spacial score (nSPS) is 11.5. The monoisotopic (exact) mass is 245 g/mol. The van der Waals surface area contributed by atoms with E-state index in [2.05, 4.69) is 9.47 Å². The van der Waals surface area contributed by atoms with Crippen LogP contribution in [0.5, 0.6) is 5.75 Å². The highest BCUT2D eigenvalue weighted by Crippen LogP contribution is 2.26. The molecule has 1 rings (SSSR count). The van der Waals surface area contributed by atoms with E-state index in [-0.39, 0.29) is 17.9 Å². The molecule has 0 aromatic heterocycles. The van der Waals surface area contributed by atoms with Crippen molar-refractivity contribution in [2.75, 3.05) is 6.61 Å². The topological polar surface area (TPSA) is 35.5 Å². The molecule has 0 amide bonds. The predicted molar refractivity (Wildman–Crippen MR) is 53.8 cm³/mol. The van der Waals surface area contributed by atoms with Crippen molar-refractivity contribution >= 4 is 12.5 Å². The zero-order valence-corrected chi connectivity index (χ0v) is 8.53. The fourth-order valence-electron chi connectivity index (χ4n) is 1.09. The molecule has 0 aliphatic heterocycles. The van der Waals surface area contributed by atoms with E-state index in [0.29, 0.717) is 0 Å². The Balaban J connectivity index is 2.77. The molecule has 0 saturated heterocycles. The average molecular weight is 245 g/mol. The third-order valence-corrected chi connectivity index (χ3v) is 1.68. The van der Waals surface area contributed by atoms with Gasteiger partial charge in [-0.2, -0.15) is 0 Å². The zero-order valence-electron chi connectivity index (χ0n) is 8.53. The number of ether oxygens (including phenoxy) is 2. The predicted octanol–water partition coefficient (Wildman–Crippen LogP) is 2.68. The van der Waals surface area contributed by atoms with Gasteiger partial charge in [0.2, 0.25) is 0 Å². The van der Waals surface area contributed by atoms with Crippen molar-refractivity contribution in [1.29, 1.82) is 0 Å². The summed E-state index contributed by atoms with van der Waals surface area (Å²) in [5, 5.41) is 0. The van der Waals surface area contributed by atoms with E-state index >= 15 is 0 Å². The van der Waals surface area contributed by atoms with Crippen LogP contribution in [0, 0.1) is 0 Å². The fourth-order valence-corrected chi connectivity index (χ4v) is 1.09. The summed E-state index contributed by atoms with van der Waals surface area (Å²) in [4.78, 5) is 9.72. The fraction of sp³-hybridized carbons (Fsp3) is 0.182. The number of halogens is 3. The highest BCUT2D eigenvalue weighted by Gasteiger charge is 2.31. The standard InChI is InChI=1S/C11H8F3O3/c12-11(13,14)17-10-6-2-1-4-9(10)5-3-7-16-8-15/h1-6H,7H2/b5-3+. The van der Waals surface area contributed by atoms with Crippen LogP contribution < -0.4 is 4.74 Å². The molecule has 1 radical (unpaired) electrons. The number of alkyl halides is 3. The molecular formula is C11H8F3O3. The summed E-state index contributed by atoms with van der Waals surface area (Å²) in [6.45, 7) is 1.13. The molecule has 1 aromatic carbocycles. The maximum atomic E-state index is 12.0. The van der Waals surface area contributed by atoms with Crippen LogP contribution >= 0.6 is 0 Å². The lowest BCUT2D eigenvalue weighted by atomic mass is 10.2. The molecule has 1 aromatic rings. The minimum Gasteiger partial charge on any atom is -0.453 e. The van der Waals surface area contributed by atoms with Gasteiger partial charge >= 0.3 is 12.8 Å². The molecule has 0 N–H and O–H groups in total. The van der Waals surface area contributed by atoms with E-state index in [0.717, 1.165) is 0 Å². The first-order valence-electron chi connectivity index (χ1n) is 4.53. The SMILES string of the molecule is O=[C]OC/C=C/c1ccccc1OC(F)(F)F. The van der Waals surface area contributed by atoms with E-state index in [9.17, 15) is 18.0 Å². The van der Waals surface area contributed by atoms with Crippen molar-refractivity contribution in [3.63, 3.8) is 0 Å². The van der Waals surface area contributed by atoms with E-state index < -0.39 is 6.36 Å². The van der Waals surface area contributed by atoms with Crippen molar-refractivity contribution in [2.45, 2.75) is 6.36 Å². The van der Waals surface area contributed by atoms with Crippen LogP contribution in [0.25, 0.3) is 6.08 Å². The number of para-hydroxylation sites is 1. The molecule has 0 unspecified atom stereocenters. The van der Waals surface area contributed by atoms with E-state index in [4.69, 9.17) is 0 Å². The maximum absolute atomic E-state index is 12.0. The summed E-state index contributed by atoms with van der Waals surface area (Å²) in [5.74, 6) is -0.314. The summed E-state index contributed by atoms with van der Waals surface area (Å²) < 4.78 is 44.2. The van der Waals surface area contributed by atoms with Gasteiger partial charge in [0, 0.05) is 5.56 Å². The third-order valence-electron chi connectivity index (χ3n) is 1.68. The molecular weight excluding hydrogens is 237 g/mol. The van der Waals surface area contributed by atoms with Crippen molar-refractivity contribution in [3.8, 4) is 5.75 Å².